The van der Waals surface area contributed by atoms with E-state index in [4.69, 9.17) is 0 Å². The molecule has 1 N–H and O–H groups in total. The largest absolute Gasteiger partial charge is 0.280 e. The van der Waals surface area contributed by atoms with Crippen LogP contribution in [0.2, 0.25) is 0 Å². The SMILES string of the molecule is CCCc1c(C)nc2ncnn2c1Sc1ccc(NS(=O)(=O)c2ccc(C)cc2C)cc1. The number of benzene rings is 2. The van der Waals surface area contributed by atoms with Gasteiger partial charge in [-0.15, -0.1) is 0 Å². The highest BCUT2D eigenvalue weighted by Crippen LogP contribution is 2.33. The highest BCUT2D eigenvalue weighted by molar-refractivity contribution is 7.99. The number of nitrogens with one attached hydrogen (secondary N) is 1. The third kappa shape index (κ3) is 4.49. The van der Waals surface area contributed by atoms with Crippen molar-refractivity contribution in [1.29, 1.82) is 0 Å². The fraction of sp³-hybridized carbons (Fsp3) is 0.261. The van der Waals surface area contributed by atoms with Crippen molar-refractivity contribution in [3.8, 4) is 0 Å². The molecule has 7 nitrogen and oxygen atoms in total. The molecule has 0 saturated carbocycles. The summed E-state index contributed by atoms with van der Waals surface area (Å²) < 4.78 is 30.1. The number of aryl methyl sites for hydroxylation is 3. The van der Waals surface area contributed by atoms with Crippen LogP contribution >= 0.6 is 11.8 Å². The Morgan fingerprint density at radius 2 is 1.81 bits per heavy atom. The summed E-state index contributed by atoms with van der Waals surface area (Å²) in [6.45, 7) is 7.87. The van der Waals surface area contributed by atoms with Crippen molar-refractivity contribution in [2.24, 2.45) is 0 Å². The summed E-state index contributed by atoms with van der Waals surface area (Å²) in [4.78, 5) is 10.0. The number of fused-ring (bicyclic) bond motifs is 1. The average Bonchev–Trinajstić information content (AvgIpc) is 3.19. The number of anilines is 1. The van der Waals surface area contributed by atoms with Gasteiger partial charge in [-0.1, -0.05) is 42.8 Å². The van der Waals surface area contributed by atoms with Gasteiger partial charge >= 0.3 is 0 Å². The van der Waals surface area contributed by atoms with E-state index in [-0.39, 0.29) is 4.90 Å². The predicted molar refractivity (Wildman–Crippen MR) is 127 cm³/mol. The van der Waals surface area contributed by atoms with Gasteiger partial charge in [0.15, 0.2) is 0 Å². The van der Waals surface area contributed by atoms with Crippen LogP contribution in [0.25, 0.3) is 5.78 Å². The summed E-state index contributed by atoms with van der Waals surface area (Å²) >= 11 is 1.57. The van der Waals surface area contributed by atoms with E-state index < -0.39 is 10.0 Å². The second-order valence-corrected chi connectivity index (χ2v) is 10.4. The zero-order chi connectivity index (χ0) is 22.9. The van der Waals surface area contributed by atoms with Gasteiger partial charge in [0.25, 0.3) is 15.8 Å². The molecule has 0 spiro atoms. The van der Waals surface area contributed by atoms with Crippen molar-refractivity contribution < 1.29 is 8.42 Å². The average molecular weight is 468 g/mol. The van der Waals surface area contributed by atoms with Crippen LogP contribution in [0.4, 0.5) is 5.69 Å². The fourth-order valence-corrected chi connectivity index (χ4v) is 5.98. The maximum atomic E-state index is 12.8. The minimum atomic E-state index is -3.66. The Morgan fingerprint density at radius 1 is 1.06 bits per heavy atom. The van der Waals surface area contributed by atoms with Gasteiger partial charge in [0, 0.05) is 21.8 Å². The molecule has 0 saturated heterocycles. The Balaban J connectivity index is 1.60. The van der Waals surface area contributed by atoms with Gasteiger partial charge < -0.3 is 0 Å². The van der Waals surface area contributed by atoms with Crippen LogP contribution in [0.3, 0.4) is 0 Å². The van der Waals surface area contributed by atoms with Gasteiger partial charge in [0.05, 0.1) is 4.90 Å². The quantitative estimate of drug-likeness (QED) is 0.387. The molecule has 0 bridgehead atoms. The lowest BCUT2D eigenvalue weighted by atomic mass is 10.1. The highest BCUT2D eigenvalue weighted by Gasteiger charge is 2.18. The van der Waals surface area contributed by atoms with E-state index in [1.165, 1.54) is 6.33 Å². The van der Waals surface area contributed by atoms with Crippen molar-refractivity contribution in [3.05, 3.63) is 71.2 Å². The lowest BCUT2D eigenvalue weighted by molar-refractivity contribution is 0.600. The molecule has 4 aromatic rings. The maximum Gasteiger partial charge on any atom is 0.262 e. The number of nitrogens with zero attached hydrogens (tertiary/aromatic N) is 4. The van der Waals surface area contributed by atoms with Crippen molar-refractivity contribution in [3.63, 3.8) is 0 Å². The first kappa shape index (κ1) is 22.3. The summed E-state index contributed by atoms with van der Waals surface area (Å²) in [7, 11) is -3.66. The van der Waals surface area contributed by atoms with Crippen molar-refractivity contribution >= 4 is 33.3 Å². The van der Waals surface area contributed by atoms with Crippen molar-refractivity contribution in [2.45, 2.75) is 55.4 Å². The van der Waals surface area contributed by atoms with Crippen LogP contribution in [0.15, 0.2) is 63.6 Å². The van der Waals surface area contributed by atoms with Crippen LogP contribution in [-0.4, -0.2) is 28.0 Å². The van der Waals surface area contributed by atoms with Gasteiger partial charge in [-0.2, -0.15) is 14.6 Å². The maximum absolute atomic E-state index is 12.8. The van der Waals surface area contributed by atoms with E-state index in [1.54, 1.807) is 47.5 Å². The van der Waals surface area contributed by atoms with E-state index in [9.17, 15) is 8.42 Å². The van der Waals surface area contributed by atoms with Gasteiger partial charge in [0.1, 0.15) is 11.4 Å². The monoisotopic (exact) mass is 467 g/mol. The van der Waals surface area contributed by atoms with Crippen LogP contribution < -0.4 is 4.72 Å². The van der Waals surface area contributed by atoms with E-state index >= 15 is 0 Å². The smallest absolute Gasteiger partial charge is 0.262 e. The topological polar surface area (TPSA) is 89.2 Å². The van der Waals surface area contributed by atoms with Gasteiger partial charge in [-0.25, -0.2) is 13.4 Å². The second-order valence-electron chi connectivity index (χ2n) is 7.70. The summed E-state index contributed by atoms with van der Waals surface area (Å²) in [5, 5.41) is 5.33. The molecule has 0 amide bonds. The first-order valence-corrected chi connectivity index (χ1v) is 12.7. The molecular formula is C23H25N5O2S2. The molecule has 0 aliphatic rings. The molecule has 0 aliphatic heterocycles. The Morgan fingerprint density at radius 3 is 2.50 bits per heavy atom. The zero-order valence-corrected chi connectivity index (χ0v) is 20.1. The molecule has 2 heterocycles. The molecule has 0 atom stereocenters. The summed E-state index contributed by atoms with van der Waals surface area (Å²) in [6.07, 6.45) is 3.40. The molecule has 0 unspecified atom stereocenters. The van der Waals surface area contributed by atoms with Crippen LogP contribution in [0.5, 0.6) is 0 Å². The van der Waals surface area contributed by atoms with Crippen LogP contribution in [-0.2, 0) is 16.4 Å². The molecule has 32 heavy (non-hydrogen) atoms. The fourth-order valence-electron chi connectivity index (χ4n) is 3.61. The highest BCUT2D eigenvalue weighted by atomic mass is 32.2. The number of hydrogen-bond acceptors (Lipinski definition) is 6. The second kappa shape index (κ2) is 8.91. The first-order chi connectivity index (χ1) is 15.3. The Kier molecular flexibility index (Phi) is 6.21. The normalized spacial score (nSPS) is 11.8. The number of sulfonamides is 1. The summed E-state index contributed by atoms with van der Waals surface area (Å²) in [5.74, 6) is 0.572. The third-order valence-corrected chi connectivity index (χ3v) is 7.79. The minimum absolute atomic E-state index is 0.284. The molecule has 2 aromatic heterocycles. The van der Waals surface area contributed by atoms with Crippen molar-refractivity contribution in [2.75, 3.05) is 4.72 Å². The molecule has 9 heteroatoms. The number of rotatable bonds is 7. The van der Waals surface area contributed by atoms with Gasteiger partial charge in [-0.05, 0) is 63.1 Å². The van der Waals surface area contributed by atoms with Crippen LogP contribution in [0.1, 0.15) is 35.7 Å². The number of aromatic nitrogens is 4. The molecular weight excluding hydrogens is 442 g/mol. The van der Waals surface area contributed by atoms with E-state index in [1.807, 2.05) is 32.0 Å². The predicted octanol–water partition coefficient (Wildman–Crippen LogP) is 4.95. The molecule has 2 aromatic carbocycles. The molecule has 0 fully saturated rings. The summed E-state index contributed by atoms with van der Waals surface area (Å²) in [6, 6.07) is 12.7. The number of hydrogen-bond donors (Lipinski definition) is 1. The summed E-state index contributed by atoms with van der Waals surface area (Å²) in [5.41, 5.74) is 4.36. The third-order valence-electron chi connectivity index (χ3n) is 5.13. The van der Waals surface area contributed by atoms with Crippen LogP contribution in [0, 0.1) is 20.8 Å². The zero-order valence-electron chi connectivity index (χ0n) is 18.5. The standard InChI is InChI=1S/C23H25N5O2S2/c1-5-6-20-17(4)26-23-24-14-25-28(23)22(20)31-19-10-8-18(9-11-19)27-32(29,30)21-12-7-15(2)13-16(21)3/h7-14,27H,5-6H2,1-4H3. The molecule has 0 radical (unpaired) electrons. The first-order valence-electron chi connectivity index (χ1n) is 10.4. The van der Waals surface area contributed by atoms with E-state index in [0.717, 1.165) is 45.1 Å². The van der Waals surface area contributed by atoms with Gasteiger partial charge in [0.2, 0.25) is 0 Å². The Bertz CT molecular complexity index is 1380. The molecule has 4 rings (SSSR count). The van der Waals surface area contributed by atoms with Gasteiger partial charge in [-0.3, -0.25) is 4.72 Å². The van der Waals surface area contributed by atoms with E-state index in [0.29, 0.717) is 11.5 Å². The lowest BCUT2D eigenvalue weighted by Gasteiger charge is -2.13. The molecule has 0 aliphatic carbocycles. The Labute approximate surface area is 192 Å². The minimum Gasteiger partial charge on any atom is -0.280 e. The lowest BCUT2D eigenvalue weighted by Crippen LogP contribution is -2.14. The Hall–Kier alpha value is -2.91. The molecule has 166 valence electrons. The van der Waals surface area contributed by atoms with E-state index in [2.05, 4.69) is 26.7 Å². The van der Waals surface area contributed by atoms with Crippen molar-refractivity contribution in [1.82, 2.24) is 19.6 Å².